The highest BCUT2D eigenvalue weighted by molar-refractivity contribution is 7.89. The zero-order chi connectivity index (χ0) is 14.8. The van der Waals surface area contributed by atoms with Gasteiger partial charge in [0, 0.05) is 31.9 Å². The number of rotatable bonds is 5. The van der Waals surface area contributed by atoms with Gasteiger partial charge in [0.2, 0.25) is 0 Å². The second-order valence-corrected chi connectivity index (χ2v) is 7.22. The number of pyridine rings is 1. The third-order valence-electron chi connectivity index (χ3n) is 3.51. The molecule has 0 amide bonds. The molecule has 0 spiro atoms. The molecule has 1 atom stereocenters. The van der Waals surface area contributed by atoms with E-state index in [2.05, 4.69) is 4.98 Å². The van der Waals surface area contributed by atoms with E-state index in [-0.39, 0.29) is 11.1 Å². The molecule has 2 heterocycles. The van der Waals surface area contributed by atoms with Crippen LogP contribution in [0.2, 0.25) is 0 Å². The van der Waals surface area contributed by atoms with Crippen molar-refractivity contribution in [3.8, 4) is 0 Å². The summed E-state index contributed by atoms with van der Waals surface area (Å²) in [6.07, 6.45) is 3.33. The van der Waals surface area contributed by atoms with E-state index in [1.54, 1.807) is 16.4 Å². The van der Waals surface area contributed by atoms with Crippen molar-refractivity contribution in [2.24, 2.45) is 5.73 Å². The number of nitrogens with two attached hydrogens (primary N) is 1. The van der Waals surface area contributed by atoms with Crippen LogP contribution in [0.15, 0.2) is 23.4 Å². The molecule has 112 valence electrons. The van der Waals surface area contributed by atoms with E-state index in [9.17, 15) is 8.42 Å². The van der Waals surface area contributed by atoms with Gasteiger partial charge < -0.3 is 10.6 Å². The van der Waals surface area contributed by atoms with Gasteiger partial charge in [-0.15, -0.1) is 0 Å². The summed E-state index contributed by atoms with van der Waals surface area (Å²) in [4.78, 5) is 6.07. The zero-order valence-corrected chi connectivity index (χ0v) is 12.8. The van der Waals surface area contributed by atoms with Crippen LogP contribution in [-0.2, 0) is 16.6 Å². The number of sulfonamides is 1. The van der Waals surface area contributed by atoms with Crippen LogP contribution in [0.5, 0.6) is 0 Å². The molecule has 1 aromatic rings. The average molecular weight is 298 g/mol. The van der Waals surface area contributed by atoms with Crippen LogP contribution in [-0.4, -0.2) is 55.8 Å². The SMILES string of the molecule is CN(C)CC1CCCN1S(=O)(=O)c1ccc(CN)cn1. The highest BCUT2D eigenvalue weighted by Crippen LogP contribution is 2.25. The van der Waals surface area contributed by atoms with Crippen LogP contribution in [0.25, 0.3) is 0 Å². The van der Waals surface area contributed by atoms with Gasteiger partial charge in [-0.2, -0.15) is 4.31 Å². The molecular weight excluding hydrogens is 276 g/mol. The van der Waals surface area contributed by atoms with Crippen molar-refractivity contribution >= 4 is 10.0 Å². The Bertz CT molecular complexity index is 542. The Hall–Kier alpha value is -1.02. The summed E-state index contributed by atoms with van der Waals surface area (Å²) in [5, 5.41) is 0.111. The van der Waals surface area contributed by atoms with E-state index < -0.39 is 10.0 Å². The highest BCUT2D eigenvalue weighted by Gasteiger charge is 2.36. The molecule has 6 nitrogen and oxygen atoms in total. The summed E-state index contributed by atoms with van der Waals surface area (Å²) in [6.45, 7) is 1.67. The predicted octanol–water partition coefficient (Wildman–Crippen LogP) is 0.255. The zero-order valence-electron chi connectivity index (χ0n) is 12.0. The standard InChI is InChI=1S/C13H22N4O2S/c1-16(2)10-12-4-3-7-17(12)20(18,19)13-6-5-11(8-14)9-15-13/h5-6,9,12H,3-4,7-8,10,14H2,1-2H3. The van der Waals surface area contributed by atoms with Gasteiger partial charge in [0.05, 0.1) is 0 Å². The molecule has 1 fully saturated rings. The van der Waals surface area contributed by atoms with Crippen LogP contribution in [0.3, 0.4) is 0 Å². The fourth-order valence-electron chi connectivity index (χ4n) is 2.53. The Morgan fingerprint density at radius 3 is 2.75 bits per heavy atom. The van der Waals surface area contributed by atoms with Crippen molar-refractivity contribution < 1.29 is 8.42 Å². The monoisotopic (exact) mass is 298 g/mol. The third kappa shape index (κ3) is 3.17. The Labute approximate surface area is 120 Å². The second-order valence-electron chi connectivity index (χ2n) is 5.38. The summed E-state index contributed by atoms with van der Waals surface area (Å²) in [5.74, 6) is 0. The van der Waals surface area contributed by atoms with Crippen LogP contribution < -0.4 is 5.73 Å². The lowest BCUT2D eigenvalue weighted by Crippen LogP contribution is -2.41. The van der Waals surface area contributed by atoms with E-state index in [1.807, 2.05) is 19.0 Å². The van der Waals surface area contributed by atoms with Gasteiger partial charge >= 0.3 is 0 Å². The van der Waals surface area contributed by atoms with Crippen LogP contribution in [0.4, 0.5) is 0 Å². The molecule has 2 N–H and O–H groups in total. The summed E-state index contributed by atoms with van der Waals surface area (Å²) in [5.41, 5.74) is 6.33. The van der Waals surface area contributed by atoms with Crippen molar-refractivity contribution in [1.29, 1.82) is 0 Å². The van der Waals surface area contributed by atoms with Gasteiger partial charge in [0.1, 0.15) is 0 Å². The molecule has 0 radical (unpaired) electrons. The lowest BCUT2D eigenvalue weighted by molar-refractivity contribution is 0.291. The van der Waals surface area contributed by atoms with Gasteiger partial charge in [-0.25, -0.2) is 13.4 Å². The van der Waals surface area contributed by atoms with Crippen molar-refractivity contribution in [1.82, 2.24) is 14.2 Å². The molecule has 0 aromatic carbocycles. The predicted molar refractivity (Wildman–Crippen MR) is 77.6 cm³/mol. The van der Waals surface area contributed by atoms with E-state index in [4.69, 9.17) is 5.73 Å². The van der Waals surface area contributed by atoms with Gasteiger partial charge in [-0.1, -0.05) is 6.07 Å². The minimum absolute atomic E-state index is 0.0333. The van der Waals surface area contributed by atoms with Crippen LogP contribution in [0, 0.1) is 0 Å². The minimum atomic E-state index is -3.50. The van der Waals surface area contributed by atoms with E-state index >= 15 is 0 Å². The molecule has 0 saturated carbocycles. The van der Waals surface area contributed by atoms with Crippen LogP contribution >= 0.6 is 0 Å². The molecule has 1 unspecified atom stereocenters. The molecule has 1 aromatic heterocycles. The Morgan fingerprint density at radius 1 is 1.45 bits per heavy atom. The maximum absolute atomic E-state index is 12.6. The first-order valence-corrected chi connectivity index (χ1v) is 8.20. The molecule has 0 bridgehead atoms. The number of nitrogens with zero attached hydrogens (tertiary/aromatic N) is 3. The van der Waals surface area contributed by atoms with E-state index in [0.717, 1.165) is 24.9 Å². The van der Waals surface area contributed by atoms with Crippen molar-refractivity contribution in [2.45, 2.75) is 30.5 Å². The van der Waals surface area contributed by atoms with E-state index in [0.29, 0.717) is 13.1 Å². The fraction of sp³-hybridized carbons (Fsp3) is 0.615. The fourth-order valence-corrected chi connectivity index (χ4v) is 4.13. The normalized spacial score (nSPS) is 20.7. The minimum Gasteiger partial charge on any atom is -0.326 e. The summed E-state index contributed by atoms with van der Waals surface area (Å²) >= 11 is 0. The molecule has 7 heteroatoms. The van der Waals surface area contributed by atoms with Crippen molar-refractivity contribution in [3.05, 3.63) is 23.9 Å². The quantitative estimate of drug-likeness (QED) is 0.843. The summed E-state index contributed by atoms with van der Waals surface area (Å²) < 4.78 is 26.9. The second kappa shape index (κ2) is 6.17. The third-order valence-corrected chi connectivity index (χ3v) is 5.37. The number of aromatic nitrogens is 1. The first-order valence-electron chi connectivity index (χ1n) is 6.76. The lowest BCUT2D eigenvalue weighted by Gasteiger charge is -2.26. The molecule has 1 aliphatic heterocycles. The maximum atomic E-state index is 12.6. The van der Waals surface area contributed by atoms with Gasteiger partial charge in [-0.3, -0.25) is 0 Å². The van der Waals surface area contributed by atoms with E-state index in [1.165, 1.54) is 6.20 Å². The summed E-state index contributed by atoms with van der Waals surface area (Å²) in [6, 6.07) is 3.30. The Morgan fingerprint density at radius 2 is 2.20 bits per heavy atom. The van der Waals surface area contributed by atoms with Crippen LogP contribution in [0.1, 0.15) is 18.4 Å². The summed E-state index contributed by atoms with van der Waals surface area (Å²) in [7, 11) is 0.408. The molecule has 1 aliphatic rings. The molecule has 0 aliphatic carbocycles. The van der Waals surface area contributed by atoms with Crippen molar-refractivity contribution in [3.63, 3.8) is 0 Å². The Kier molecular flexibility index (Phi) is 4.74. The lowest BCUT2D eigenvalue weighted by atomic mass is 10.2. The average Bonchev–Trinajstić information content (AvgIpc) is 2.87. The van der Waals surface area contributed by atoms with Gasteiger partial charge in [0.15, 0.2) is 5.03 Å². The highest BCUT2D eigenvalue weighted by atomic mass is 32.2. The van der Waals surface area contributed by atoms with Crippen molar-refractivity contribution in [2.75, 3.05) is 27.2 Å². The molecule has 2 rings (SSSR count). The number of hydrogen-bond donors (Lipinski definition) is 1. The largest absolute Gasteiger partial charge is 0.326 e. The number of hydrogen-bond acceptors (Lipinski definition) is 5. The Balaban J connectivity index is 2.24. The first kappa shape index (κ1) is 15.4. The molecule has 1 saturated heterocycles. The number of likely N-dealkylation sites (N-methyl/N-ethyl adjacent to an activating group) is 1. The molecule has 20 heavy (non-hydrogen) atoms. The molecular formula is C13H22N4O2S. The topological polar surface area (TPSA) is 79.5 Å². The smallest absolute Gasteiger partial charge is 0.260 e. The van der Waals surface area contributed by atoms with Gasteiger partial charge in [-0.05, 0) is 38.6 Å². The maximum Gasteiger partial charge on any atom is 0.260 e. The van der Waals surface area contributed by atoms with Gasteiger partial charge in [0.25, 0.3) is 10.0 Å². The first-order chi connectivity index (χ1) is 9.45.